The number of halogens is 1. The fraction of sp³-hybridized carbons (Fsp3) is 0.406. The van der Waals surface area contributed by atoms with Crippen LogP contribution in [0.3, 0.4) is 0 Å². The molecule has 0 spiro atoms. The van der Waals surface area contributed by atoms with Crippen molar-refractivity contribution in [2.45, 2.75) is 50.9 Å². The molecule has 8 heteroatoms. The van der Waals surface area contributed by atoms with Crippen LogP contribution in [0.1, 0.15) is 56.6 Å². The summed E-state index contributed by atoms with van der Waals surface area (Å²) in [6.45, 7) is 6.29. The second-order valence-electron chi connectivity index (χ2n) is 11.6. The van der Waals surface area contributed by atoms with Gasteiger partial charge in [0.2, 0.25) is 0 Å². The molecule has 1 heterocycles. The first kappa shape index (κ1) is 27.1. The summed E-state index contributed by atoms with van der Waals surface area (Å²) < 4.78 is 12.3. The van der Waals surface area contributed by atoms with Gasteiger partial charge >= 0.3 is 6.03 Å². The highest BCUT2D eigenvalue weighted by molar-refractivity contribution is 14.1. The number of urea groups is 1. The number of anilines is 1. The lowest BCUT2D eigenvalue weighted by Crippen LogP contribution is -2.54. The van der Waals surface area contributed by atoms with Crippen molar-refractivity contribution in [3.05, 3.63) is 69.3 Å². The maximum atomic E-state index is 13.6. The molecule has 1 saturated heterocycles. The largest absolute Gasteiger partial charge is 0.490 e. The Morgan fingerprint density at radius 1 is 1.02 bits per heavy atom. The first-order valence-electron chi connectivity index (χ1n) is 14.0. The molecule has 1 N–H and O–H groups in total. The number of hydrogen-bond donors (Lipinski definition) is 1. The average molecular weight is 653 g/mol. The quantitative estimate of drug-likeness (QED) is 0.155. The van der Waals surface area contributed by atoms with Crippen LogP contribution in [0.5, 0.6) is 11.5 Å². The van der Waals surface area contributed by atoms with E-state index in [0.29, 0.717) is 36.0 Å². The fourth-order valence-electron chi connectivity index (χ4n) is 7.70. The maximum absolute atomic E-state index is 13.6. The molecule has 40 heavy (non-hydrogen) atoms. The highest BCUT2D eigenvalue weighted by atomic mass is 127. The minimum atomic E-state index is -0.743. The van der Waals surface area contributed by atoms with Gasteiger partial charge in [0.15, 0.2) is 11.5 Å². The first-order chi connectivity index (χ1) is 19.3. The van der Waals surface area contributed by atoms with E-state index < -0.39 is 17.8 Å². The number of carbonyl (C=O) groups is 3. The third-order valence-corrected chi connectivity index (χ3v) is 9.67. The summed E-state index contributed by atoms with van der Waals surface area (Å²) in [6.07, 6.45) is 11.0. The fourth-order valence-corrected chi connectivity index (χ4v) is 8.48. The lowest BCUT2D eigenvalue weighted by Gasteiger charge is -2.57. The van der Waals surface area contributed by atoms with Gasteiger partial charge in [-0.15, -0.1) is 0 Å². The molecule has 1 aliphatic heterocycles. The number of rotatable bonds is 8. The number of carbonyl (C=O) groups excluding carboxylic acids is 3. The Morgan fingerprint density at radius 2 is 1.68 bits per heavy atom. The summed E-state index contributed by atoms with van der Waals surface area (Å²) in [5, 5.41) is 2.34. The Kier molecular flexibility index (Phi) is 7.23. The smallest absolute Gasteiger partial charge is 0.335 e. The van der Waals surface area contributed by atoms with Crippen LogP contribution in [0.4, 0.5) is 10.5 Å². The Labute approximate surface area is 248 Å². The van der Waals surface area contributed by atoms with E-state index in [1.54, 1.807) is 18.2 Å². The lowest BCUT2D eigenvalue weighted by molar-refractivity contribution is -0.122. The molecule has 2 aromatic carbocycles. The molecule has 0 aromatic heterocycles. The molecule has 7 rings (SSSR count). The minimum Gasteiger partial charge on any atom is -0.490 e. The van der Waals surface area contributed by atoms with Crippen LogP contribution in [0.15, 0.2) is 54.6 Å². The van der Waals surface area contributed by atoms with Crippen LogP contribution >= 0.6 is 22.6 Å². The molecule has 5 aliphatic rings. The van der Waals surface area contributed by atoms with Crippen molar-refractivity contribution >= 4 is 52.2 Å². The second-order valence-corrected chi connectivity index (χ2v) is 12.7. The van der Waals surface area contributed by atoms with Gasteiger partial charge in [0.05, 0.1) is 15.9 Å². The summed E-state index contributed by atoms with van der Waals surface area (Å²) >= 11 is 2.13. The van der Waals surface area contributed by atoms with Gasteiger partial charge in [0.25, 0.3) is 11.8 Å². The molecule has 4 amide bonds. The molecular formula is C32H33IN2O5. The van der Waals surface area contributed by atoms with Gasteiger partial charge in [0.1, 0.15) is 12.2 Å². The summed E-state index contributed by atoms with van der Waals surface area (Å²) in [5.41, 5.74) is 2.45. The van der Waals surface area contributed by atoms with Crippen LogP contribution in [0, 0.1) is 21.3 Å². The molecular weight excluding hydrogens is 619 g/mol. The number of imide groups is 2. The third kappa shape index (κ3) is 4.84. The molecule has 0 atom stereocenters. The van der Waals surface area contributed by atoms with E-state index in [4.69, 9.17) is 9.47 Å². The normalized spacial score (nSPS) is 28.1. The predicted molar refractivity (Wildman–Crippen MR) is 161 cm³/mol. The molecule has 4 aliphatic carbocycles. The van der Waals surface area contributed by atoms with Crippen molar-refractivity contribution in [1.82, 2.24) is 5.32 Å². The zero-order valence-corrected chi connectivity index (χ0v) is 24.7. The van der Waals surface area contributed by atoms with E-state index in [-0.39, 0.29) is 11.0 Å². The Hall–Kier alpha value is -3.14. The van der Waals surface area contributed by atoms with E-state index in [1.807, 2.05) is 19.1 Å². The number of amides is 4. The van der Waals surface area contributed by atoms with Crippen molar-refractivity contribution in [2.24, 2.45) is 17.8 Å². The van der Waals surface area contributed by atoms with Crippen molar-refractivity contribution in [2.75, 3.05) is 18.1 Å². The SMILES string of the molecule is C=CCOc1c(I)cc(/C=C2\C(=O)NC(=O)N(c3ccc(C45CC6CC(CC(C6)C4)C5)cc3)C2=O)cc1OCC. The van der Waals surface area contributed by atoms with Gasteiger partial charge in [-0.2, -0.15) is 0 Å². The number of hydrogen-bond acceptors (Lipinski definition) is 5. The highest BCUT2D eigenvalue weighted by Gasteiger charge is 2.51. The molecule has 4 bridgehead atoms. The number of barbiturate groups is 1. The number of nitrogens with zero attached hydrogens (tertiary/aromatic N) is 1. The van der Waals surface area contributed by atoms with Crippen molar-refractivity contribution in [3.63, 3.8) is 0 Å². The van der Waals surface area contributed by atoms with Crippen molar-refractivity contribution in [3.8, 4) is 11.5 Å². The highest BCUT2D eigenvalue weighted by Crippen LogP contribution is 2.60. The van der Waals surface area contributed by atoms with Crippen molar-refractivity contribution in [1.29, 1.82) is 0 Å². The van der Waals surface area contributed by atoms with Crippen LogP contribution in [-0.2, 0) is 15.0 Å². The first-order valence-corrected chi connectivity index (χ1v) is 15.1. The van der Waals surface area contributed by atoms with Gasteiger partial charge < -0.3 is 9.47 Å². The molecule has 7 nitrogen and oxygen atoms in total. The predicted octanol–water partition coefficient (Wildman–Crippen LogP) is 6.39. The molecule has 0 radical (unpaired) electrons. The number of ether oxygens (including phenoxy) is 2. The van der Waals surface area contributed by atoms with Crippen LogP contribution < -0.4 is 19.7 Å². The summed E-state index contributed by atoms with van der Waals surface area (Å²) in [4.78, 5) is 40.3. The van der Waals surface area contributed by atoms with Gasteiger partial charge in [-0.1, -0.05) is 24.8 Å². The zero-order valence-electron chi connectivity index (χ0n) is 22.6. The van der Waals surface area contributed by atoms with E-state index in [0.717, 1.165) is 26.2 Å². The Balaban J connectivity index is 1.28. The minimum absolute atomic E-state index is 0.122. The number of benzene rings is 2. The lowest BCUT2D eigenvalue weighted by atomic mass is 9.48. The topological polar surface area (TPSA) is 84.9 Å². The second kappa shape index (κ2) is 10.7. The van der Waals surface area contributed by atoms with E-state index in [2.05, 4.69) is 46.6 Å². The molecule has 2 aromatic rings. The molecule has 4 saturated carbocycles. The van der Waals surface area contributed by atoms with Crippen molar-refractivity contribution < 1.29 is 23.9 Å². The van der Waals surface area contributed by atoms with Gasteiger partial charge in [-0.3, -0.25) is 14.9 Å². The van der Waals surface area contributed by atoms with Gasteiger partial charge in [-0.25, -0.2) is 9.69 Å². The van der Waals surface area contributed by atoms with Gasteiger partial charge in [-0.05, 0) is 133 Å². The third-order valence-electron chi connectivity index (χ3n) is 8.87. The average Bonchev–Trinajstić information content (AvgIpc) is 2.90. The van der Waals surface area contributed by atoms with Crippen LogP contribution in [0.2, 0.25) is 0 Å². The Morgan fingerprint density at radius 3 is 2.27 bits per heavy atom. The van der Waals surface area contributed by atoms with Crippen LogP contribution in [0.25, 0.3) is 6.08 Å². The van der Waals surface area contributed by atoms with Gasteiger partial charge in [0, 0.05) is 0 Å². The molecule has 5 fully saturated rings. The van der Waals surface area contributed by atoms with E-state index >= 15 is 0 Å². The molecule has 208 valence electrons. The summed E-state index contributed by atoms with van der Waals surface area (Å²) in [5.74, 6) is 2.17. The zero-order chi connectivity index (χ0) is 28.0. The molecule has 0 unspecified atom stereocenters. The standard InChI is InChI=1S/C32H33IN2O5/c1-3-9-40-28-26(33)14-19(15-27(28)39-4-2)13-25-29(36)34-31(38)35(30(25)37)24-7-5-23(6-8-24)32-16-20-10-21(17-32)12-22(11-20)18-32/h3,5-8,13-15,20-22H,1,4,9-12,16-18H2,2H3,(H,34,36,38)/b25-13+. The monoisotopic (exact) mass is 652 g/mol. The van der Waals surface area contributed by atoms with E-state index in [1.165, 1.54) is 50.2 Å². The van der Waals surface area contributed by atoms with Crippen LogP contribution in [-0.4, -0.2) is 31.1 Å². The summed E-state index contributed by atoms with van der Waals surface area (Å²) in [7, 11) is 0. The summed E-state index contributed by atoms with van der Waals surface area (Å²) in [6, 6.07) is 10.6. The Bertz CT molecular complexity index is 1380. The number of nitrogens with one attached hydrogen (secondary N) is 1. The van der Waals surface area contributed by atoms with E-state index in [9.17, 15) is 14.4 Å². The maximum Gasteiger partial charge on any atom is 0.335 e.